The van der Waals surface area contributed by atoms with E-state index in [9.17, 15) is 4.79 Å². The SMILES string of the molecule is O=C(N1CCN(CC2CC2)CC1)[C@@]12CCCC[C@H]1CNC2. The summed E-state index contributed by atoms with van der Waals surface area (Å²) < 4.78 is 0. The zero-order valence-electron chi connectivity index (χ0n) is 13.1. The quantitative estimate of drug-likeness (QED) is 0.852. The van der Waals surface area contributed by atoms with Crippen LogP contribution in [0, 0.1) is 17.3 Å². The van der Waals surface area contributed by atoms with Crippen molar-refractivity contribution in [3.8, 4) is 0 Å². The molecule has 1 N–H and O–H groups in total. The molecule has 2 heterocycles. The van der Waals surface area contributed by atoms with E-state index in [1.165, 1.54) is 38.6 Å². The zero-order valence-corrected chi connectivity index (χ0v) is 13.1. The van der Waals surface area contributed by atoms with Gasteiger partial charge in [0, 0.05) is 39.3 Å². The number of amides is 1. The van der Waals surface area contributed by atoms with E-state index in [4.69, 9.17) is 0 Å². The summed E-state index contributed by atoms with van der Waals surface area (Å²) in [5.74, 6) is 2.04. The van der Waals surface area contributed by atoms with Gasteiger partial charge >= 0.3 is 0 Å². The molecule has 0 spiro atoms. The maximum atomic E-state index is 13.2. The van der Waals surface area contributed by atoms with Gasteiger partial charge < -0.3 is 10.2 Å². The summed E-state index contributed by atoms with van der Waals surface area (Å²) in [7, 11) is 0. The van der Waals surface area contributed by atoms with Crippen LogP contribution in [0.4, 0.5) is 0 Å². The molecule has 4 nitrogen and oxygen atoms in total. The molecule has 0 radical (unpaired) electrons. The van der Waals surface area contributed by atoms with Crippen molar-refractivity contribution in [1.82, 2.24) is 15.1 Å². The molecule has 4 aliphatic rings. The first-order chi connectivity index (χ1) is 10.3. The Morgan fingerprint density at radius 2 is 1.90 bits per heavy atom. The molecule has 0 aromatic heterocycles. The summed E-state index contributed by atoms with van der Waals surface area (Å²) in [5, 5.41) is 3.51. The van der Waals surface area contributed by atoms with E-state index in [0.717, 1.165) is 51.6 Å². The highest BCUT2D eigenvalue weighted by atomic mass is 16.2. The second-order valence-corrected chi connectivity index (χ2v) is 7.77. The van der Waals surface area contributed by atoms with Gasteiger partial charge in [0.25, 0.3) is 0 Å². The van der Waals surface area contributed by atoms with E-state index in [0.29, 0.717) is 11.8 Å². The lowest BCUT2D eigenvalue weighted by Gasteiger charge is -2.43. The van der Waals surface area contributed by atoms with Gasteiger partial charge in [-0.2, -0.15) is 0 Å². The summed E-state index contributed by atoms with van der Waals surface area (Å²) in [6.45, 7) is 7.37. The van der Waals surface area contributed by atoms with E-state index < -0.39 is 0 Å². The molecule has 0 unspecified atom stereocenters. The molecule has 0 bridgehead atoms. The lowest BCUT2D eigenvalue weighted by molar-refractivity contribution is -0.147. The van der Waals surface area contributed by atoms with Crippen LogP contribution in [0.3, 0.4) is 0 Å². The summed E-state index contributed by atoms with van der Waals surface area (Å²) >= 11 is 0. The smallest absolute Gasteiger partial charge is 0.230 e. The maximum absolute atomic E-state index is 13.2. The molecule has 2 saturated heterocycles. The molecule has 118 valence electrons. The third-order valence-corrected chi connectivity index (χ3v) is 6.34. The first-order valence-corrected chi connectivity index (χ1v) is 9.00. The van der Waals surface area contributed by atoms with Crippen molar-refractivity contribution in [3.63, 3.8) is 0 Å². The Balaban J connectivity index is 1.38. The highest BCUT2D eigenvalue weighted by molar-refractivity contribution is 5.84. The van der Waals surface area contributed by atoms with Gasteiger partial charge in [0.1, 0.15) is 0 Å². The van der Waals surface area contributed by atoms with Crippen LogP contribution in [0.15, 0.2) is 0 Å². The highest BCUT2D eigenvalue weighted by Gasteiger charge is 2.51. The molecule has 0 aromatic rings. The molecule has 1 amide bonds. The van der Waals surface area contributed by atoms with Gasteiger partial charge in [0.2, 0.25) is 5.91 Å². The summed E-state index contributed by atoms with van der Waals surface area (Å²) in [6, 6.07) is 0. The van der Waals surface area contributed by atoms with Crippen LogP contribution in [0.25, 0.3) is 0 Å². The fourth-order valence-electron chi connectivity index (χ4n) is 4.78. The van der Waals surface area contributed by atoms with Gasteiger partial charge in [0.05, 0.1) is 5.41 Å². The second kappa shape index (κ2) is 5.54. The largest absolute Gasteiger partial charge is 0.340 e. The van der Waals surface area contributed by atoms with E-state index in [-0.39, 0.29) is 5.41 Å². The number of fused-ring (bicyclic) bond motifs is 1. The predicted octanol–water partition coefficient (Wildman–Crippen LogP) is 1.32. The van der Waals surface area contributed by atoms with Crippen molar-refractivity contribution in [2.75, 3.05) is 45.8 Å². The molecule has 2 atom stereocenters. The van der Waals surface area contributed by atoms with Crippen molar-refractivity contribution in [3.05, 3.63) is 0 Å². The monoisotopic (exact) mass is 291 g/mol. The van der Waals surface area contributed by atoms with E-state index in [1.807, 2.05) is 0 Å². The molecule has 2 aliphatic heterocycles. The fraction of sp³-hybridized carbons (Fsp3) is 0.941. The normalized spacial score (nSPS) is 37.5. The van der Waals surface area contributed by atoms with Crippen LogP contribution in [-0.4, -0.2) is 61.5 Å². The van der Waals surface area contributed by atoms with Gasteiger partial charge in [-0.05, 0) is 44.1 Å². The lowest BCUT2D eigenvalue weighted by Crippen LogP contribution is -2.56. The van der Waals surface area contributed by atoms with Gasteiger partial charge in [0.15, 0.2) is 0 Å². The van der Waals surface area contributed by atoms with Crippen molar-refractivity contribution in [2.45, 2.75) is 38.5 Å². The minimum absolute atomic E-state index is 0.0447. The molecular weight excluding hydrogens is 262 g/mol. The Morgan fingerprint density at radius 3 is 2.67 bits per heavy atom. The van der Waals surface area contributed by atoms with E-state index in [2.05, 4.69) is 15.1 Å². The van der Waals surface area contributed by atoms with E-state index >= 15 is 0 Å². The van der Waals surface area contributed by atoms with Gasteiger partial charge in [-0.3, -0.25) is 9.69 Å². The summed E-state index contributed by atoms with van der Waals surface area (Å²) in [6.07, 6.45) is 7.78. The van der Waals surface area contributed by atoms with Crippen LogP contribution in [0.1, 0.15) is 38.5 Å². The number of hydrogen-bond donors (Lipinski definition) is 1. The number of carbonyl (C=O) groups is 1. The second-order valence-electron chi connectivity index (χ2n) is 7.77. The Morgan fingerprint density at radius 1 is 1.10 bits per heavy atom. The third-order valence-electron chi connectivity index (χ3n) is 6.34. The van der Waals surface area contributed by atoms with Crippen LogP contribution in [0.2, 0.25) is 0 Å². The van der Waals surface area contributed by atoms with Crippen molar-refractivity contribution >= 4 is 5.91 Å². The zero-order chi connectivity index (χ0) is 14.3. The van der Waals surface area contributed by atoms with E-state index in [1.54, 1.807) is 0 Å². The number of nitrogens with zero attached hydrogens (tertiary/aromatic N) is 2. The number of nitrogens with one attached hydrogen (secondary N) is 1. The summed E-state index contributed by atoms with van der Waals surface area (Å²) in [4.78, 5) is 17.9. The Hall–Kier alpha value is -0.610. The van der Waals surface area contributed by atoms with Crippen molar-refractivity contribution in [1.29, 1.82) is 0 Å². The standard InChI is InChI=1S/C17H29N3O/c21-16(17-6-2-1-3-15(17)11-18-13-17)20-9-7-19(8-10-20)12-14-4-5-14/h14-15,18H,1-13H2/t15-,17+/m0/s1. The maximum Gasteiger partial charge on any atom is 0.230 e. The predicted molar refractivity (Wildman–Crippen MR) is 83.0 cm³/mol. The average molecular weight is 291 g/mol. The molecule has 21 heavy (non-hydrogen) atoms. The summed E-state index contributed by atoms with van der Waals surface area (Å²) in [5.41, 5.74) is -0.0447. The molecular formula is C17H29N3O. The number of piperazine rings is 1. The van der Waals surface area contributed by atoms with Crippen LogP contribution in [0.5, 0.6) is 0 Å². The molecule has 4 rings (SSSR count). The molecule has 2 saturated carbocycles. The molecule has 4 fully saturated rings. The Kier molecular flexibility index (Phi) is 3.70. The minimum Gasteiger partial charge on any atom is -0.340 e. The Bertz CT molecular complexity index is 401. The molecule has 0 aromatic carbocycles. The van der Waals surface area contributed by atoms with Gasteiger partial charge in [-0.15, -0.1) is 0 Å². The molecule has 2 aliphatic carbocycles. The Labute approximate surface area is 128 Å². The lowest BCUT2D eigenvalue weighted by atomic mass is 9.67. The third kappa shape index (κ3) is 2.61. The number of hydrogen-bond acceptors (Lipinski definition) is 3. The average Bonchev–Trinajstić information content (AvgIpc) is 3.22. The first kappa shape index (κ1) is 14.0. The molecule has 4 heteroatoms. The number of carbonyl (C=O) groups excluding carboxylic acids is 1. The highest BCUT2D eigenvalue weighted by Crippen LogP contribution is 2.45. The van der Waals surface area contributed by atoms with Crippen molar-refractivity contribution < 1.29 is 4.79 Å². The first-order valence-electron chi connectivity index (χ1n) is 9.00. The van der Waals surface area contributed by atoms with Crippen molar-refractivity contribution in [2.24, 2.45) is 17.3 Å². The van der Waals surface area contributed by atoms with Crippen LogP contribution < -0.4 is 5.32 Å². The number of rotatable bonds is 3. The van der Waals surface area contributed by atoms with Gasteiger partial charge in [-0.25, -0.2) is 0 Å². The van der Waals surface area contributed by atoms with Crippen LogP contribution in [-0.2, 0) is 4.79 Å². The minimum atomic E-state index is -0.0447. The topological polar surface area (TPSA) is 35.6 Å². The fourth-order valence-corrected chi connectivity index (χ4v) is 4.78. The van der Waals surface area contributed by atoms with Crippen LogP contribution >= 0.6 is 0 Å². The van der Waals surface area contributed by atoms with Gasteiger partial charge in [-0.1, -0.05) is 12.8 Å².